The van der Waals surface area contributed by atoms with E-state index in [0.29, 0.717) is 5.16 Å². The molecular weight excluding hydrogens is 324 g/mol. The van der Waals surface area contributed by atoms with Crippen molar-refractivity contribution in [2.75, 3.05) is 12.8 Å². The predicted molar refractivity (Wildman–Crippen MR) is 93.8 cm³/mol. The van der Waals surface area contributed by atoms with Gasteiger partial charge in [0.1, 0.15) is 5.54 Å². The zero-order valence-corrected chi connectivity index (χ0v) is 15.1. The van der Waals surface area contributed by atoms with Crippen LogP contribution in [0.25, 0.3) is 0 Å². The summed E-state index contributed by atoms with van der Waals surface area (Å²) in [6.07, 6.45) is 6.19. The average molecular weight is 348 g/mol. The number of carbonyl (C=O) groups is 1. The number of carbonyl (C=O) groups excluding carboxylic acids is 1. The maximum Gasteiger partial charge on any atom is 0.251 e. The smallest absolute Gasteiger partial charge is 0.251 e. The Hall–Kier alpha value is -1.81. The predicted octanol–water partition coefficient (Wildman–Crippen LogP) is 2.50. The van der Waals surface area contributed by atoms with E-state index in [1.807, 2.05) is 6.92 Å². The van der Waals surface area contributed by atoms with Gasteiger partial charge in [-0.25, -0.2) is 4.98 Å². The molecule has 2 rings (SSSR count). The number of hydrogen-bond donors (Lipinski definition) is 1. The first-order valence-electron chi connectivity index (χ1n) is 8.41. The van der Waals surface area contributed by atoms with E-state index >= 15 is 0 Å². The number of rotatable bonds is 6. The molecule has 1 aromatic heterocycles. The van der Waals surface area contributed by atoms with Crippen molar-refractivity contribution in [1.82, 2.24) is 14.9 Å². The summed E-state index contributed by atoms with van der Waals surface area (Å²) in [5.74, 6) is 0.0605. The lowest BCUT2D eigenvalue weighted by atomic mass is 9.81. The third-order valence-electron chi connectivity index (χ3n) is 4.52. The summed E-state index contributed by atoms with van der Waals surface area (Å²) in [5, 5.41) is 10.0. The van der Waals surface area contributed by atoms with Crippen molar-refractivity contribution in [1.29, 1.82) is 5.26 Å². The zero-order valence-electron chi connectivity index (χ0n) is 14.3. The number of H-pyrrole nitrogens is 1. The zero-order chi connectivity index (χ0) is 17.6. The highest BCUT2D eigenvalue weighted by atomic mass is 32.2. The minimum atomic E-state index is -0.680. The van der Waals surface area contributed by atoms with Gasteiger partial charge in [0.25, 0.3) is 5.56 Å². The van der Waals surface area contributed by atoms with Crippen LogP contribution in [0, 0.1) is 11.3 Å². The summed E-state index contributed by atoms with van der Waals surface area (Å²) in [4.78, 5) is 32.8. The summed E-state index contributed by atoms with van der Waals surface area (Å²) in [6.45, 7) is 2.03. The van der Waals surface area contributed by atoms with E-state index in [1.54, 1.807) is 11.9 Å². The lowest BCUT2D eigenvalue weighted by molar-refractivity contribution is -0.131. The SMILES string of the molecule is CCCc1cc(=O)[nH]c(SCC(=O)N(C)C2(C#N)CCCCC2)n1. The number of amides is 1. The van der Waals surface area contributed by atoms with Crippen LogP contribution in [0.5, 0.6) is 0 Å². The molecule has 1 aliphatic carbocycles. The van der Waals surface area contributed by atoms with Crippen LogP contribution in [0.3, 0.4) is 0 Å². The molecule has 130 valence electrons. The lowest BCUT2D eigenvalue weighted by Gasteiger charge is -2.39. The van der Waals surface area contributed by atoms with Crippen molar-refractivity contribution in [3.05, 3.63) is 22.1 Å². The molecule has 0 aromatic carbocycles. The third kappa shape index (κ3) is 4.38. The second-order valence-electron chi connectivity index (χ2n) is 6.24. The highest BCUT2D eigenvalue weighted by Gasteiger charge is 2.38. The van der Waals surface area contributed by atoms with Crippen molar-refractivity contribution >= 4 is 17.7 Å². The fourth-order valence-electron chi connectivity index (χ4n) is 3.06. The minimum absolute atomic E-state index is 0.105. The molecule has 1 N–H and O–H groups in total. The Labute approximate surface area is 146 Å². The number of nitriles is 1. The highest BCUT2D eigenvalue weighted by molar-refractivity contribution is 7.99. The number of aromatic nitrogens is 2. The van der Waals surface area contributed by atoms with Gasteiger partial charge in [0.15, 0.2) is 5.16 Å². The van der Waals surface area contributed by atoms with E-state index in [4.69, 9.17) is 0 Å². The van der Waals surface area contributed by atoms with E-state index in [2.05, 4.69) is 16.0 Å². The Morgan fingerprint density at radius 3 is 2.79 bits per heavy atom. The fourth-order valence-corrected chi connectivity index (χ4v) is 3.87. The molecule has 0 atom stereocenters. The van der Waals surface area contributed by atoms with Gasteiger partial charge < -0.3 is 9.88 Å². The molecule has 0 saturated heterocycles. The van der Waals surface area contributed by atoms with Crippen LogP contribution in [0.15, 0.2) is 16.0 Å². The normalized spacial score (nSPS) is 16.4. The minimum Gasteiger partial charge on any atom is -0.326 e. The molecule has 1 aromatic rings. The maximum absolute atomic E-state index is 12.5. The standard InChI is InChI=1S/C17H24N4O2S/c1-3-7-13-10-14(22)20-16(19-13)24-11-15(23)21(2)17(12-18)8-5-4-6-9-17/h10H,3-9,11H2,1-2H3,(H,19,20,22). The quantitative estimate of drug-likeness (QED) is 0.630. The van der Waals surface area contributed by atoms with Gasteiger partial charge in [-0.1, -0.05) is 44.4 Å². The second kappa shape index (κ2) is 8.34. The van der Waals surface area contributed by atoms with E-state index in [0.717, 1.165) is 50.6 Å². The van der Waals surface area contributed by atoms with Gasteiger partial charge >= 0.3 is 0 Å². The summed E-state index contributed by atoms with van der Waals surface area (Å²) in [5.41, 5.74) is -0.135. The molecule has 1 fully saturated rings. The molecule has 1 heterocycles. The van der Waals surface area contributed by atoms with Gasteiger partial charge in [0.2, 0.25) is 5.91 Å². The number of nitrogens with one attached hydrogen (secondary N) is 1. The van der Waals surface area contributed by atoms with Crippen molar-refractivity contribution in [2.45, 2.75) is 62.6 Å². The van der Waals surface area contributed by atoms with Crippen molar-refractivity contribution in [3.63, 3.8) is 0 Å². The molecule has 0 bridgehead atoms. The molecule has 1 saturated carbocycles. The van der Waals surface area contributed by atoms with Crippen molar-refractivity contribution in [3.8, 4) is 6.07 Å². The Morgan fingerprint density at radius 2 is 2.17 bits per heavy atom. The monoisotopic (exact) mass is 348 g/mol. The summed E-state index contributed by atoms with van der Waals surface area (Å²) >= 11 is 1.22. The molecule has 0 spiro atoms. The van der Waals surface area contributed by atoms with Crippen LogP contribution < -0.4 is 5.56 Å². The van der Waals surface area contributed by atoms with Gasteiger partial charge in [-0.2, -0.15) is 5.26 Å². The Balaban J connectivity index is 2.02. The van der Waals surface area contributed by atoms with Gasteiger partial charge in [-0.15, -0.1) is 0 Å². The molecule has 7 heteroatoms. The maximum atomic E-state index is 12.5. The Kier molecular flexibility index (Phi) is 6.44. The van der Waals surface area contributed by atoms with Crippen LogP contribution in [0.4, 0.5) is 0 Å². The lowest BCUT2D eigenvalue weighted by Crippen LogP contribution is -2.50. The van der Waals surface area contributed by atoms with E-state index in [-0.39, 0.29) is 17.2 Å². The number of aromatic amines is 1. The van der Waals surface area contributed by atoms with Gasteiger partial charge in [-0.05, 0) is 19.3 Å². The van der Waals surface area contributed by atoms with Crippen LogP contribution in [-0.2, 0) is 11.2 Å². The average Bonchev–Trinajstić information content (AvgIpc) is 2.59. The van der Waals surface area contributed by atoms with E-state index in [1.165, 1.54) is 17.8 Å². The van der Waals surface area contributed by atoms with Crippen LogP contribution in [0.1, 0.15) is 51.1 Å². The molecule has 24 heavy (non-hydrogen) atoms. The first-order chi connectivity index (χ1) is 11.5. The second-order valence-corrected chi connectivity index (χ2v) is 7.20. The molecule has 1 amide bonds. The summed E-state index contributed by atoms with van der Waals surface area (Å²) < 4.78 is 0. The van der Waals surface area contributed by atoms with Crippen LogP contribution in [-0.4, -0.2) is 39.1 Å². The summed E-state index contributed by atoms with van der Waals surface area (Å²) in [6, 6.07) is 3.85. The van der Waals surface area contributed by atoms with Gasteiger partial charge in [-0.3, -0.25) is 9.59 Å². The molecule has 0 radical (unpaired) electrons. The van der Waals surface area contributed by atoms with Crippen molar-refractivity contribution < 1.29 is 4.79 Å². The number of aryl methyl sites for hydroxylation is 1. The van der Waals surface area contributed by atoms with E-state index < -0.39 is 5.54 Å². The molecule has 6 nitrogen and oxygen atoms in total. The highest BCUT2D eigenvalue weighted by Crippen LogP contribution is 2.32. The van der Waals surface area contributed by atoms with Gasteiger partial charge in [0.05, 0.1) is 11.8 Å². The molecule has 0 unspecified atom stereocenters. The van der Waals surface area contributed by atoms with E-state index in [9.17, 15) is 14.9 Å². The molecule has 1 aliphatic rings. The first kappa shape index (κ1) is 18.5. The van der Waals surface area contributed by atoms with Gasteiger partial charge in [0, 0.05) is 18.8 Å². The third-order valence-corrected chi connectivity index (χ3v) is 5.37. The largest absolute Gasteiger partial charge is 0.326 e. The number of thioether (sulfide) groups is 1. The Morgan fingerprint density at radius 1 is 1.46 bits per heavy atom. The number of hydrogen-bond acceptors (Lipinski definition) is 5. The van der Waals surface area contributed by atoms with Crippen LogP contribution in [0.2, 0.25) is 0 Å². The number of nitrogens with zero attached hydrogens (tertiary/aromatic N) is 3. The van der Waals surface area contributed by atoms with Crippen molar-refractivity contribution in [2.24, 2.45) is 0 Å². The topological polar surface area (TPSA) is 89.9 Å². The summed E-state index contributed by atoms with van der Waals surface area (Å²) in [7, 11) is 1.71. The first-order valence-corrected chi connectivity index (χ1v) is 9.40. The fraction of sp³-hybridized carbons (Fsp3) is 0.647. The Bertz CT molecular complexity index is 674. The molecule has 0 aliphatic heterocycles. The van der Waals surface area contributed by atoms with Crippen LogP contribution >= 0.6 is 11.8 Å². The molecular formula is C17H24N4O2S.